The molecule has 4 rings (SSSR count). The molecule has 1 aliphatic heterocycles. The average molecular weight is 446 g/mol. The number of ether oxygens (including phenoxy) is 4. The van der Waals surface area contributed by atoms with Gasteiger partial charge >= 0.3 is 5.97 Å². The molecule has 2 N–H and O–H groups in total. The highest BCUT2D eigenvalue weighted by atomic mass is 19.1. The van der Waals surface area contributed by atoms with E-state index in [2.05, 4.69) is 6.07 Å². The molecule has 0 radical (unpaired) electrons. The van der Waals surface area contributed by atoms with E-state index < -0.39 is 11.9 Å². The van der Waals surface area contributed by atoms with Gasteiger partial charge in [0.15, 0.2) is 18.1 Å². The van der Waals surface area contributed by atoms with Crippen LogP contribution in [0.4, 0.5) is 4.39 Å². The number of hydrogen-bond donors (Lipinski definition) is 1. The number of para-hydroxylation sites is 2. The van der Waals surface area contributed by atoms with Crippen LogP contribution >= 0.6 is 0 Å². The lowest BCUT2D eigenvalue weighted by molar-refractivity contribution is -0.136. The van der Waals surface area contributed by atoms with Crippen molar-refractivity contribution in [1.82, 2.24) is 0 Å². The van der Waals surface area contributed by atoms with Gasteiger partial charge in [-0.3, -0.25) is 0 Å². The van der Waals surface area contributed by atoms with Gasteiger partial charge in [0.1, 0.15) is 29.0 Å². The first-order chi connectivity index (χ1) is 16.0. The number of nitrogens with two attached hydrogens (primary N) is 1. The maximum atomic E-state index is 13.4. The average Bonchev–Trinajstić information content (AvgIpc) is 2.82. The highest BCUT2D eigenvalue weighted by Crippen LogP contribution is 2.43. The van der Waals surface area contributed by atoms with Crippen molar-refractivity contribution in [2.75, 3.05) is 13.7 Å². The zero-order valence-electron chi connectivity index (χ0n) is 17.6. The largest absolute Gasteiger partial charge is 0.493 e. The van der Waals surface area contributed by atoms with Gasteiger partial charge in [-0.05, 0) is 35.9 Å². The zero-order valence-corrected chi connectivity index (χ0v) is 17.6. The Hall–Kier alpha value is -4.51. The van der Waals surface area contributed by atoms with Crippen LogP contribution in [0, 0.1) is 17.1 Å². The molecule has 1 atom stereocenters. The van der Waals surface area contributed by atoms with Crippen LogP contribution in [0.2, 0.25) is 0 Å². The van der Waals surface area contributed by atoms with E-state index in [1.54, 1.807) is 48.5 Å². The van der Waals surface area contributed by atoms with E-state index in [-0.39, 0.29) is 29.6 Å². The summed E-state index contributed by atoms with van der Waals surface area (Å²) in [6, 6.07) is 19.6. The molecule has 1 aliphatic rings. The lowest BCUT2D eigenvalue weighted by atomic mass is 9.83. The van der Waals surface area contributed by atoms with Crippen LogP contribution in [0.25, 0.3) is 0 Å². The molecule has 166 valence electrons. The Morgan fingerprint density at radius 3 is 2.55 bits per heavy atom. The van der Waals surface area contributed by atoms with Gasteiger partial charge in [-0.15, -0.1) is 0 Å². The second-order valence-corrected chi connectivity index (χ2v) is 7.09. The number of esters is 1. The summed E-state index contributed by atoms with van der Waals surface area (Å²) >= 11 is 0. The molecule has 0 bridgehead atoms. The van der Waals surface area contributed by atoms with Crippen molar-refractivity contribution in [3.05, 3.63) is 95.1 Å². The Morgan fingerprint density at radius 2 is 1.85 bits per heavy atom. The van der Waals surface area contributed by atoms with E-state index in [0.717, 1.165) is 0 Å². The van der Waals surface area contributed by atoms with Crippen LogP contribution in [-0.4, -0.2) is 19.7 Å². The first-order valence-electron chi connectivity index (χ1n) is 9.93. The van der Waals surface area contributed by atoms with Crippen molar-refractivity contribution >= 4 is 5.97 Å². The highest BCUT2D eigenvalue weighted by Gasteiger charge is 2.31. The Bertz CT molecular complexity index is 1260. The zero-order chi connectivity index (χ0) is 23.4. The molecule has 7 nitrogen and oxygen atoms in total. The number of allylic oxidation sites excluding steroid dienone is 1. The molecule has 0 saturated carbocycles. The fraction of sp³-hybridized carbons (Fsp3) is 0.120. The van der Waals surface area contributed by atoms with Crippen LogP contribution < -0.4 is 24.7 Å². The molecule has 8 heteroatoms. The molecular formula is C25H19FN2O5. The molecule has 3 aromatic rings. The van der Waals surface area contributed by atoms with Gasteiger partial charge in [0, 0.05) is 11.6 Å². The predicted molar refractivity (Wildman–Crippen MR) is 116 cm³/mol. The van der Waals surface area contributed by atoms with Crippen LogP contribution in [-0.2, 0) is 4.79 Å². The predicted octanol–water partition coefficient (Wildman–Crippen LogP) is 4.04. The van der Waals surface area contributed by atoms with E-state index in [1.807, 2.05) is 0 Å². The summed E-state index contributed by atoms with van der Waals surface area (Å²) in [6.45, 7) is -0.336. The number of carbonyl (C=O) groups excluding carboxylic acids is 1. The number of nitriles is 1. The van der Waals surface area contributed by atoms with Crippen LogP contribution in [0.5, 0.6) is 23.0 Å². The summed E-state index contributed by atoms with van der Waals surface area (Å²) < 4.78 is 35.0. The quantitative estimate of drug-likeness (QED) is 0.450. The Labute approximate surface area is 189 Å². The normalized spacial score (nSPS) is 14.5. The van der Waals surface area contributed by atoms with Crippen LogP contribution in [0.15, 0.2) is 78.2 Å². The number of methoxy groups -OCH3 is 1. The van der Waals surface area contributed by atoms with Crippen molar-refractivity contribution in [2.45, 2.75) is 5.92 Å². The number of carbonyl (C=O) groups is 1. The van der Waals surface area contributed by atoms with Gasteiger partial charge in [-0.25, -0.2) is 9.18 Å². The summed E-state index contributed by atoms with van der Waals surface area (Å²) in [5.41, 5.74) is 7.50. The van der Waals surface area contributed by atoms with Crippen molar-refractivity contribution in [3.8, 4) is 29.1 Å². The molecule has 0 amide bonds. The number of nitrogens with zero attached hydrogens (tertiary/aromatic N) is 1. The van der Waals surface area contributed by atoms with Gasteiger partial charge in [0.05, 0.1) is 13.0 Å². The lowest BCUT2D eigenvalue weighted by Gasteiger charge is -2.26. The Kier molecular flexibility index (Phi) is 6.13. The second-order valence-electron chi connectivity index (χ2n) is 7.09. The molecule has 0 saturated heterocycles. The SMILES string of the molecule is COc1ccccc1OCC(=O)Oc1ccc2c(c1)OC(N)=C(C#N)C2c1ccc(F)cc1. The van der Waals surface area contributed by atoms with Gasteiger partial charge < -0.3 is 24.7 Å². The molecule has 0 fully saturated rings. The van der Waals surface area contributed by atoms with E-state index in [1.165, 1.54) is 25.3 Å². The van der Waals surface area contributed by atoms with E-state index in [4.69, 9.17) is 24.7 Å². The minimum atomic E-state index is -0.632. The summed E-state index contributed by atoms with van der Waals surface area (Å²) in [5, 5.41) is 9.60. The number of hydrogen-bond acceptors (Lipinski definition) is 7. The standard InChI is InChI=1S/C25H19FN2O5/c1-30-20-4-2-3-5-21(20)31-14-23(29)32-17-10-11-18-22(12-17)33-25(28)19(13-27)24(18)15-6-8-16(26)9-7-15/h2-12,24H,14,28H2,1H3. The summed E-state index contributed by atoms with van der Waals surface area (Å²) in [7, 11) is 1.50. The summed E-state index contributed by atoms with van der Waals surface area (Å²) in [6.07, 6.45) is 0. The fourth-order valence-corrected chi connectivity index (χ4v) is 3.53. The van der Waals surface area contributed by atoms with E-state index in [9.17, 15) is 14.4 Å². The maximum absolute atomic E-state index is 13.4. The monoisotopic (exact) mass is 446 g/mol. The third-order valence-electron chi connectivity index (χ3n) is 5.04. The van der Waals surface area contributed by atoms with Crippen molar-refractivity contribution in [3.63, 3.8) is 0 Å². The first-order valence-corrected chi connectivity index (χ1v) is 9.93. The third kappa shape index (κ3) is 4.57. The third-order valence-corrected chi connectivity index (χ3v) is 5.04. The summed E-state index contributed by atoms with van der Waals surface area (Å²) in [5.74, 6) is -0.178. The smallest absolute Gasteiger partial charge is 0.349 e. The molecule has 0 spiro atoms. The molecule has 1 heterocycles. The van der Waals surface area contributed by atoms with Crippen molar-refractivity contribution < 1.29 is 28.1 Å². The summed E-state index contributed by atoms with van der Waals surface area (Å²) in [4.78, 5) is 12.3. The Morgan fingerprint density at radius 1 is 1.12 bits per heavy atom. The molecular weight excluding hydrogens is 427 g/mol. The fourth-order valence-electron chi connectivity index (χ4n) is 3.53. The maximum Gasteiger partial charge on any atom is 0.349 e. The molecule has 0 aliphatic carbocycles. The Balaban J connectivity index is 1.54. The lowest BCUT2D eigenvalue weighted by Crippen LogP contribution is -2.21. The van der Waals surface area contributed by atoms with E-state index in [0.29, 0.717) is 28.4 Å². The van der Waals surface area contributed by atoms with E-state index >= 15 is 0 Å². The number of rotatable bonds is 6. The number of benzene rings is 3. The van der Waals surface area contributed by atoms with Crippen LogP contribution in [0.3, 0.4) is 0 Å². The van der Waals surface area contributed by atoms with Gasteiger partial charge in [0.2, 0.25) is 5.88 Å². The first kappa shape index (κ1) is 21.7. The van der Waals surface area contributed by atoms with Gasteiger partial charge in [-0.2, -0.15) is 5.26 Å². The van der Waals surface area contributed by atoms with Crippen molar-refractivity contribution in [1.29, 1.82) is 5.26 Å². The molecule has 3 aromatic carbocycles. The molecule has 33 heavy (non-hydrogen) atoms. The molecule has 1 unspecified atom stereocenters. The van der Waals surface area contributed by atoms with Crippen LogP contribution in [0.1, 0.15) is 17.0 Å². The minimum absolute atomic E-state index is 0.0673. The highest BCUT2D eigenvalue weighted by molar-refractivity contribution is 5.74. The van der Waals surface area contributed by atoms with Gasteiger partial charge in [0.25, 0.3) is 0 Å². The van der Waals surface area contributed by atoms with Gasteiger partial charge in [-0.1, -0.05) is 30.3 Å². The van der Waals surface area contributed by atoms with Crippen molar-refractivity contribution in [2.24, 2.45) is 5.73 Å². The topological polar surface area (TPSA) is 104 Å². The number of halogens is 1. The number of fused-ring (bicyclic) bond motifs is 1. The second kappa shape index (κ2) is 9.32. The minimum Gasteiger partial charge on any atom is -0.493 e. The molecule has 0 aromatic heterocycles.